The Kier molecular flexibility index (Phi) is 3.40. The van der Waals surface area contributed by atoms with Crippen molar-refractivity contribution in [1.29, 1.82) is 0 Å². The van der Waals surface area contributed by atoms with Crippen molar-refractivity contribution in [2.75, 3.05) is 7.11 Å². The second kappa shape index (κ2) is 5.28. The lowest BCUT2D eigenvalue weighted by Gasteiger charge is -2.08. The molecule has 1 aromatic heterocycles. The van der Waals surface area contributed by atoms with E-state index in [-0.39, 0.29) is 11.4 Å². The Balaban J connectivity index is 2.22. The molecule has 0 spiro atoms. The highest BCUT2D eigenvalue weighted by molar-refractivity contribution is 6.21. The van der Waals surface area contributed by atoms with Crippen LogP contribution in [0.3, 0.4) is 0 Å². The lowest BCUT2D eigenvalue weighted by atomic mass is 10.0. The Hall–Kier alpha value is -3.09. The molecule has 3 rings (SSSR count). The molecular formula is C16H15N3O4. The summed E-state index contributed by atoms with van der Waals surface area (Å²) in [6.45, 7) is 0. The van der Waals surface area contributed by atoms with Crippen LogP contribution in [0.1, 0.15) is 11.1 Å². The zero-order chi connectivity index (χ0) is 16.7. The van der Waals surface area contributed by atoms with E-state index >= 15 is 0 Å². The molecule has 0 bridgehead atoms. The number of hydrogen-bond acceptors (Lipinski definition) is 5. The minimum absolute atomic E-state index is 0.0340. The molecule has 0 saturated heterocycles. The largest absolute Gasteiger partial charge is 0.497 e. The molecule has 0 saturated carbocycles. The summed E-state index contributed by atoms with van der Waals surface area (Å²) in [5.74, 6) is 0.285. The van der Waals surface area contributed by atoms with Crippen molar-refractivity contribution in [3.63, 3.8) is 0 Å². The normalized spacial score (nSPS) is 14.3. The topological polar surface area (TPSA) is 85.8 Å². The van der Waals surface area contributed by atoms with Gasteiger partial charge in [0.1, 0.15) is 11.3 Å². The molecule has 2 aromatic rings. The van der Waals surface area contributed by atoms with Crippen molar-refractivity contribution >= 4 is 23.6 Å². The van der Waals surface area contributed by atoms with Crippen molar-refractivity contribution < 1.29 is 9.84 Å². The minimum Gasteiger partial charge on any atom is -0.497 e. The van der Waals surface area contributed by atoms with E-state index in [1.54, 1.807) is 25.5 Å². The number of fused-ring (bicyclic) bond motifs is 1. The molecule has 2 heterocycles. The maximum Gasteiger partial charge on any atom is 0.333 e. The molecular weight excluding hydrogens is 298 g/mol. The van der Waals surface area contributed by atoms with Gasteiger partial charge in [-0.05, 0) is 24.3 Å². The summed E-state index contributed by atoms with van der Waals surface area (Å²) >= 11 is 0. The van der Waals surface area contributed by atoms with Gasteiger partial charge in [-0.1, -0.05) is 0 Å². The molecule has 0 atom stereocenters. The number of ether oxygens (including phenoxy) is 1. The van der Waals surface area contributed by atoms with E-state index in [4.69, 9.17) is 4.74 Å². The van der Waals surface area contributed by atoms with Crippen LogP contribution < -0.4 is 16.0 Å². The molecule has 0 radical (unpaired) electrons. The fourth-order valence-corrected chi connectivity index (χ4v) is 2.45. The third kappa shape index (κ3) is 2.26. The standard InChI is InChI=1S/C16H15N3O4/c1-18-14(20)12(15(21)19(2)16(18)22)6-9-8-17-13-5-4-10(23-3)7-11(9)13/h4-8,20H,1-3H3/b9-6+. The van der Waals surface area contributed by atoms with Crippen LogP contribution in [0.5, 0.6) is 11.6 Å². The number of hydrogen-bond donors (Lipinski definition) is 1. The fourth-order valence-electron chi connectivity index (χ4n) is 2.45. The van der Waals surface area contributed by atoms with Gasteiger partial charge in [0, 0.05) is 31.4 Å². The second-order valence-corrected chi connectivity index (χ2v) is 5.18. The van der Waals surface area contributed by atoms with Gasteiger partial charge in [0.05, 0.1) is 12.8 Å². The van der Waals surface area contributed by atoms with Crippen LogP contribution in [0.15, 0.2) is 32.8 Å². The van der Waals surface area contributed by atoms with E-state index in [9.17, 15) is 14.7 Å². The van der Waals surface area contributed by atoms with Crippen LogP contribution in [-0.4, -0.2) is 27.6 Å². The van der Waals surface area contributed by atoms with Gasteiger partial charge >= 0.3 is 5.69 Å². The van der Waals surface area contributed by atoms with Crippen molar-refractivity contribution in [1.82, 2.24) is 9.13 Å². The summed E-state index contributed by atoms with van der Waals surface area (Å²) in [6.07, 6.45) is 3.12. The van der Waals surface area contributed by atoms with E-state index in [2.05, 4.69) is 4.99 Å². The summed E-state index contributed by atoms with van der Waals surface area (Å²) in [6, 6.07) is 5.41. The first-order chi connectivity index (χ1) is 10.9. The smallest absolute Gasteiger partial charge is 0.333 e. The van der Waals surface area contributed by atoms with Gasteiger partial charge in [0.2, 0.25) is 5.88 Å². The van der Waals surface area contributed by atoms with Crippen LogP contribution >= 0.6 is 0 Å². The number of aromatic nitrogens is 2. The van der Waals surface area contributed by atoms with Crippen LogP contribution in [-0.2, 0) is 14.1 Å². The average molecular weight is 313 g/mol. The van der Waals surface area contributed by atoms with E-state index in [0.717, 1.165) is 20.4 Å². The molecule has 7 nitrogen and oxygen atoms in total. The second-order valence-electron chi connectivity index (χ2n) is 5.18. The van der Waals surface area contributed by atoms with Crippen molar-refractivity contribution in [2.45, 2.75) is 0 Å². The van der Waals surface area contributed by atoms with Gasteiger partial charge in [-0.2, -0.15) is 0 Å². The average Bonchev–Trinajstić information content (AvgIpc) is 2.97. The molecule has 1 aromatic carbocycles. The van der Waals surface area contributed by atoms with E-state index in [1.807, 2.05) is 6.07 Å². The molecule has 118 valence electrons. The molecule has 1 N–H and O–H groups in total. The highest BCUT2D eigenvalue weighted by Gasteiger charge is 2.17. The number of aliphatic imine (C=N–C) groups is 1. The minimum atomic E-state index is -0.586. The highest BCUT2D eigenvalue weighted by Crippen LogP contribution is 2.35. The molecule has 0 fully saturated rings. The highest BCUT2D eigenvalue weighted by atomic mass is 16.5. The Morgan fingerprint density at radius 2 is 1.96 bits per heavy atom. The number of methoxy groups -OCH3 is 1. The Morgan fingerprint density at radius 1 is 1.22 bits per heavy atom. The molecule has 23 heavy (non-hydrogen) atoms. The molecule has 7 heteroatoms. The third-order valence-electron chi connectivity index (χ3n) is 3.82. The zero-order valence-corrected chi connectivity index (χ0v) is 12.9. The molecule has 0 amide bonds. The fraction of sp³-hybridized carbons (Fsp3) is 0.188. The Morgan fingerprint density at radius 3 is 2.65 bits per heavy atom. The number of allylic oxidation sites excluding steroid dienone is 1. The quantitative estimate of drug-likeness (QED) is 0.898. The van der Waals surface area contributed by atoms with Crippen molar-refractivity contribution in [3.8, 4) is 11.6 Å². The van der Waals surface area contributed by atoms with Gasteiger partial charge in [0.15, 0.2) is 0 Å². The predicted molar refractivity (Wildman–Crippen MR) is 87.6 cm³/mol. The molecule has 1 aliphatic rings. The zero-order valence-electron chi connectivity index (χ0n) is 12.9. The first-order valence-electron chi connectivity index (χ1n) is 6.87. The van der Waals surface area contributed by atoms with Crippen LogP contribution in [0, 0.1) is 0 Å². The molecule has 1 aliphatic heterocycles. The summed E-state index contributed by atoms with van der Waals surface area (Å²) in [7, 11) is 4.33. The van der Waals surface area contributed by atoms with E-state index in [1.165, 1.54) is 20.2 Å². The van der Waals surface area contributed by atoms with Gasteiger partial charge in [-0.15, -0.1) is 0 Å². The predicted octanol–water partition coefficient (Wildman–Crippen LogP) is 1.05. The van der Waals surface area contributed by atoms with Gasteiger partial charge in [-0.25, -0.2) is 4.79 Å². The maximum absolute atomic E-state index is 12.3. The van der Waals surface area contributed by atoms with E-state index < -0.39 is 11.2 Å². The van der Waals surface area contributed by atoms with E-state index in [0.29, 0.717) is 11.3 Å². The van der Waals surface area contributed by atoms with Gasteiger partial charge in [-0.3, -0.25) is 18.9 Å². The van der Waals surface area contributed by atoms with Crippen LogP contribution in [0.25, 0.3) is 11.6 Å². The summed E-state index contributed by atoms with van der Waals surface area (Å²) in [4.78, 5) is 28.3. The lowest BCUT2D eigenvalue weighted by Crippen LogP contribution is -2.37. The van der Waals surface area contributed by atoms with Gasteiger partial charge < -0.3 is 9.84 Å². The first kappa shape index (κ1) is 14.8. The lowest BCUT2D eigenvalue weighted by molar-refractivity contribution is 0.410. The SMILES string of the molecule is COc1ccc2c(c1)/C(=C/c1c(O)n(C)c(=O)n(C)c1=O)C=N2. The first-order valence-corrected chi connectivity index (χ1v) is 6.87. The van der Waals surface area contributed by atoms with Crippen LogP contribution in [0.4, 0.5) is 5.69 Å². The van der Waals surface area contributed by atoms with Gasteiger partial charge in [0.25, 0.3) is 5.56 Å². The molecule has 0 unspecified atom stereocenters. The Bertz CT molecular complexity index is 980. The molecule has 0 aliphatic carbocycles. The monoisotopic (exact) mass is 313 g/mol. The van der Waals surface area contributed by atoms with Crippen molar-refractivity contribution in [2.24, 2.45) is 19.1 Å². The number of nitrogens with zero attached hydrogens (tertiary/aromatic N) is 3. The number of aromatic hydroxyl groups is 1. The number of rotatable bonds is 2. The third-order valence-corrected chi connectivity index (χ3v) is 3.82. The summed E-state index contributed by atoms with van der Waals surface area (Å²) < 4.78 is 7.17. The van der Waals surface area contributed by atoms with Crippen molar-refractivity contribution in [3.05, 3.63) is 50.2 Å². The van der Waals surface area contributed by atoms with Crippen LogP contribution in [0.2, 0.25) is 0 Å². The number of benzene rings is 1. The summed E-state index contributed by atoms with van der Waals surface area (Å²) in [5, 5.41) is 10.1. The maximum atomic E-state index is 12.3. The summed E-state index contributed by atoms with van der Waals surface area (Å²) in [5.41, 5.74) is 1.08. The Labute approximate surface area is 131 Å².